The maximum absolute atomic E-state index is 12.3. The van der Waals surface area contributed by atoms with Crippen LogP contribution in [-0.4, -0.2) is 36.4 Å². The van der Waals surface area contributed by atoms with E-state index in [1.807, 2.05) is 42.3 Å². The van der Waals surface area contributed by atoms with Gasteiger partial charge in [-0.25, -0.2) is 4.98 Å². The maximum Gasteiger partial charge on any atom is 0.273 e. The number of hydrogen-bond donors (Lipinski definition) is 0. The van der Waals surface area contributed by atoms with Gasteiger partial charge in [-0.15, -0.1) is 11.3 Å². The standard InChI is InChI=1S/C16H18N4OS/c1-12(9-17)10-19(2)15(21)14-11-22-16(18-14)20(3)13-7-5-4-6-8-13/h4-8,11-12H,10H2,1-3H3. The van der Waals surface area contributed by atoms with Gasteiger partial charge < -0.3 is 9.80 Å². The Kier molecular flexibility index (Phi) is 5.12. The van der Waals surface area contributed by atoms with Crippen LogP contribution >= 0.6 is 11.3 Å². The molecule has 0 radical (unpaired) electrons. The number of para-hydroxylation sites is 1. The minimum atomic E-state index is -0.195. The van der Waals surface area contributed by atoms with E-state index in [0.29, 0.717) is 12.2 Å². The molecule has 0 aliphatic carbocycles. The van der Waals surface area contributed by atoms with E-state index in [9.17, 15) is 4.79 Å². The monoisotopic (exact) mass is 314 g/mol. The first-order valence-corrected chi connectivity index (χ1v) is 7.80. The number of nitrogens with zero attached hydrogens (tertiary/aromatic N) is 4. The highest BCUT2D eigenvalue weighted by atomic mass is 32.1. The van der Waals surface area contributed by atoms with Crippen LogP contribution in [0.4, 0.5) is 10.8 Å². The van der Waals surface area contributed by atoms with E-state index in [-0.39, 0.29) is 11.8 Å². The third kappa shape index (κ3) is 3.62. The zero-order valence-electron chi connectivity index (χ0n) is 12.9. The van der Waals surface area contributed by atoms with E-state index < -0.39 is 0 Å². The highest BCUT2D eigenvalue weighted by Gasteiger charge is 2.18. The van der Waals surface area contributed by atoms with Crippen molar-refractivity contribution in [3.63, 3.8) is 0 Å². The minimum Gasteiger partial charge on any atom is -0.339 e. The Bertz CT molecular complexity index is 677. The molecule has 1 amide bonds. The number of carbonyl (C=O) groups excluding carboxylic acids is 1. The summed E-state index contributed by atoms with van der Waals surface area (Å²) >= 11 is 1.43. The molecule has 1 heterocycles. The molecule has 0 aliphatic heterocycles. The van der Waals surface area contributed by atoms with Gasteiger partial charge >= 0.3 is 0 Å². The molecule has 0 aliphatic rings. The van der Waals surface area contributed by atoms with Gasteiger partial charge in [0.05, 0.1) is 12.0 Å². The molecule has 2 aromatic rings. The summed E-state index contributed by atoms with van der Waals surface area (Å²) < 4.78 is 0. The molecule has 6 heteroatoms. The second kappa shape index (κ2) is 7.05. The number of benzene rings is 1. The first-order chi connectivity index (χ1) is 10.5. The summed E-state index contributed by atoms with van der Waals surface area (Å²) in [6, 6.07) is 12.0. The smallest absolute Gasteiger partial charge is 0.273 e. The van der Waals surface area contributed by atoms with Gasteiger partial charge in [0.25, 0.3) is 5.91 Å². The predicted molar refractivity (Wildman–Crippen MR) is 88.4 cm³/mol. The number of anilines is 2. The lowest BCUT2D eigenvalue weighted by molar-refractivity contribution is 0.0780. The lowest BCUT2D eigenvalue weighted by Gasteiger charge is -2.17. The third-order valence-electron chi connectivity index (χ3n) is 3.26. The van der Waals surface area contributed by atoms with Crippen LogP contribution in [-0.2, 0) is 0 Å². The van der Waals surface area contributed by atoms with Crippen LogP contribution in [0.1, 0.15) is 17.4 Å². The first-order valence-electron chi connectivity index (χ1n) is 6.92. The van der Waals surface area contributed by atoms with E-state index in [4.69, 9.17) is 5.26 Å². The van der Waals surface area contributed by atoms with Gasteiger partial charge in [0.15, 0.2) is 5.13 Å². The van der Waals surface area contributed by atoms with Crippen LogP contribution in [0.3, 0.4) is 0 Å². The van der Waals surface area contributed by atoms with Gasteiger partial charge in [-0.3, -0.25) is 4.79 Å². The Balaban J connectivity index is 2.11. The second-order valence-electron chi connectivity index (χ2n) is 5.13. The van der Waals surface area contributed by atoms with E-state index >= 15 is 0 Å². The lowest BCUT2D eigenvalue weighted by Crippen LogP contribution is -2.30. The van der Waals surface area contributed by atoms with Crippen LogP contribution in [0.2, 0.25) is 0 Å². The average molecular weight is 314 g/mol. The van der Waals surface area contributed by atoms with Gasteiger partial charge in [0.1, 0.15) is 5.69 Å². The maximum atomic E-state index is 12.3. The number of aromatic nitrogens is 1. The number of amides is 1. The van der Waals surface area contributed by atoms with Crippen molar-refractivity contribution in [3.05, 3.63) is 41.4 Å². The lowest BCUT2D eigenvalue weighted by atomic mass is 10.2. The predicted octanol–water partition coefficient (Wildman–Crippen LogP) is 3.14. The summed E-state index contributed by atoms with van der Waals surface area (Å²) in [7, 11) is 3.61. The highest BCUT2D eigenvalue weighted by molar-refractivity contribution is 7.14. The zero-order valence-corrected chi connectivity index (χ0v) is 13.7. The molecular weight excluding hydrogens is 296 g/mol. The van der Waals surface area contributed by atoms with E-state index in [2.05, 4.69) is 11.1 Å². The van der Waals surface area contributed by atoms with E-state index in [1.54, 1.807) is 19.4 Å². The third-order valence-corrected chi connectivity index (χ3v) is 4.17. The summed E-state index contributed by atoms with van der Waals surface area (Å²) in [5, 5.41) is 11.3. The quantitative estimate of drug-likeness (QED) is 0.850. The number of thiazole rings is 1. The first kappa shape index (κ1) is 16.0. The minimum absolute atomic E-state index is 0.161. The molecule has 1 atom stereocenters. The summed E-state index contributed by atoms with van der Waals surface area (Å²) in [6.07, 6.45) is 0. The number of hydrogen-bond acceptors (Lipinski definition) is 5. The molecule has 0 spiro atoms. The second-order valence-corrected chi connectivity index (χ2v) is 5.96. The molecule has 114 valence electrons. The number of rotatable bonds is 5. The molecule has 0 N–H and O–H groups in total. The molecule has 22 heavy (non-hydrogen) atoms. The van der Waals surface area contributed by atoms with Crippen molar-refractivity contribution in [2.75, 3.05) is 25.5 Å². The number of nitriles is 1. The van der Waals surface area contributed by atoms with Crippen LogP contribution in [0.5, 0.6) is 0 Å². The van der Waals surface area contributed by atoms with Gasteiger partial charge in [0, 0.05) is 31.7 Å². The van der Waals surface area contributed by atoms with Crippen molar-refractivity contribution in [1.29, 1.82) is 5.26 Å². The topological polar surface area (TPSA) is 60.2 Å². The van der Waals surface area contributed by atoms with E-state index in [0.717, 1.165) is 10.8 Å². The largest absolute Gasteiger partial charge is 0.339 e. The molecule has 0 saturated carbocycles. The van der Waals surface area contributed by atoms with Gasteiger partial charge in [0.2, 0.25) is 0 Å². The molecule has 5 nitrogen and oxygen atoms in total. The van der Waals surface area contributed by atoms with Gasteiger partial charge in [-0.05, 0) is 19.1 Å². The molecule has 2 rings (SSSR count). The Morgan fingerprint density at radius 2 is 2.05 bits per heavy atom. The average Bonchev–Trinajstić information content (AvgIpc) is 3.03. The summed E-state index contributed by atoms with van der Waals surface area (Å²) in [5.74, 6) is -0.356. The molecule has 1 aromatic carbocycles. The van der Waals surface area contributed by atoms with Crippen LogP contribution < -0.4 is 4.90 Å². The number of carbonyl (C=O) groups is 1. The summed E-state index contributed by atoms with van der Waals surface area (Å²) in [5.41, 5.74) is 1.43. The van der Waals surface area contributed by atoms with Gasteiger partial charge in [-0.2, -0.15) is 5.26 Å². The fourth-order valence-corrected chi connectivity index (χ4v) is 2.79. The van der Waals surface area contributed by atoms with Crippen LogP contribution in [0.25, 0.3) is 0 Å². The molecule has 1 unspecified atom stereocenters. The normalized spacial score (nSPS) is 11.5. The molecule has 0 bridgehead atoms. The van der Waals surface area contributed by atoms with Crippen molar-refractivity contribution in [1.82, 2.24) is 9.88 Å². The molecule has 1 aromatic heterocycles. The Labute approximate surface area is 134 Å². The zero-order chi connectivity index (χ0) is 16.1. The summed E-state index contributed by atoms with van der Waals surface area (Å²) in [6.45, 7) is 2.19. The van der Waals surface area contributed by atoms with Crippen molar-refractivity contribution >= 4 is 28.1 Å². The molecule has 0 fully saturated rings. The molecular formula is C16H18N4OS. The Morgan fingerprint density at radius 1 is 1.36 bits per heavy atom. The van der Waals surface area contributed by atoms with Crippen LogP contribution in [0, 0.1) is 17.2 Å². The highest BCUT2D eigenvalue weighted by Crippen LogP contribution is 2.26. The Morgan fingerprint density at radius 3 is 2.68 bits per heavy atom. The fraction of sp³-hybridized carbons (Fsp3) is 0.312. The van der Waals surface area contributed by atoms with Crippen molar-refractivity contribution in [3.8, 4) is 6.07 Å². The van der Waals surface area contributed by atoms with Crippen molar-refractivity contribution in [2.24, 2.45) is 5.92 Å². The summed E-state index contributed by atoms with van der Waals surface area (Å²) in [4.78, 5) is 20.2. The van der Waals surface area contributed by atoms with E-state index in [1.165, 1.54) is 16.2 Å². The SMILES string of the molecule is CC(C#N)CN(C)C(=O)c1csc(N(C)c2ccccc2)n1. The Hall–Kier alpha value is -2.39. The van der Waals surface area contributed by atoms with Gasteiger partial charge in [-0.1, -0.05) is 18.2 Å². The fourth-order valence-electron chi connectivity index (χ4n) is 2.01. The molecule has 0 saturated heterocycles. The van der Waals surface area contributed by atoms with Crippen LogP contribution in [0.15, 0.2) is 35.7 Å². The van der Waals surface area contributed by atoms with Crippen molar-refractivity contribution in [2.45, 2.75) is 6.92 Å². The van der Waals surface area contributed by atoms with Crippen molar-refractivity contribution < 1.29 is 4.79 Å².